The van der Waals surface area contributed by atoms with Crippen LogP contribution in [0, 0.1) is 17.3 Å². The molecule has 3 fully saturated rings. The molecule has 3 heterocycles. The Labute approximate surface area is 254 Å². The Morgan fingerprint density at radius 1 is 1.05 bits per heavy atom. The molecular formula is C34H57N3O5. The van der Waals surface area contributed by atoms with E-state index in [4.69, 9.17) is 4.74 Å². The Hall–Kier alpha value is -2.19. The number of likely N-dealkylation sites (tertiary alicyclic amines) is 1. The van der Waals surface area contributed by atoms with Crippen molar-refractivity contribution in [3.05, 3.63) is 25.3 Å². The summed E-state index contributed by atoms with van der Waals surface area (Å²) >= 11 is 0. The molecule has 238 valence electrons. The van der Waals surface area contributed by atoms with Gasteiger partial charge in [-0.1, -0.05) is 46.8 Å². The quantitative estimate of drug-likeness (QED) is 0.204. The number of nitrogens with zero attached hydrogens (tertiary/aromatic N) is 3. The van der Waals surface area contributed by atoms with Crippen molar-refractivity contribution in [1.29, 1.82) is 0 Å². The highest BCUT2D eigenvalue weighted by Crippen LogP contribution is 2.64. The van der Waals surface area contributed by atoms with Crippen LogP contribution >= 0.6 is 0 Å². The molecule has 1 spiro atoms. The van der Waals surface area contributed by atoms with Gasteiger partial charge in [-0.3, -0.25) is 14.4 Å². The second-order valence-corrected chi connectivity index (χ2v) is 14.5. The molecule has 2 unspecified atom stereocenters. The molecular weight excluding hydrogens is 530 g/mol. The van der Waals surface area contributed by atoms with E-state index in [1.54, 1.807) is 22.0 Å². The van der Waals surface area contributed by atoms with Crippen LogP contribution in [-0.4, -0.2) is 93.1 Å². The van der Waals surface area contributed by atoms with E-state index in [0.717, 1.165) is 19.3 Å². The number of hydrogen-bond donors (Lipinski definition) is 1. The summed E-state index contributed by atoms with van der Waals surface area (Å²) in [7, 11) is 0. The number of aliphatic hydroxyl groups excluding tert-OH is 1. The second kappa shape index (κ2) is 13.2. The molecule has 0 aliphatic carbocycles. The third kappa shape index (κ3) is 6.21. The van der Waals surface area contributed by atoms with Crippen LogP contribution in [0.25, 0.3) is 0 Å². The van der Waals surface area contributed by atoms with E-state index in [9.17, 15) is 19.5 Å². The summed E-state index contributed by atoms with van der Waals surface area (Å²) in [4.78, 5) is 49.1. The molecule has 0 aromatic rings. The van der Waals surface area contributed by atoms with Gasteiger partial charge < -0.3 is 24.5 Å². The predicted molar refractivity (Wildman–Crippen MR) is 167 cm³/mol. The lowest BCUT2D eigenvalue weighted by Crippen LogP contribution is -2.61. The van der Waals surface area contributed by atoms with E-state index in [2.05, 4.69) is 47.8 Å². The Morgan fingerprint density at radius 2 is 1.71 bits per heavy atom. The first-order chi connectivity index (χ1) is 19.7. The number of unbranched alkanes of at least 4 members (excludes halogenated alkanes) is 2. The summed E-state index contributed by atoms with van der Waals surface area (Å²) in [6, 6.07) is -0.812. The number of amides is 3. The third-order valence-electron chi connectivity index (χ3n) is 9.66. The van der Waals surface area contributed by atoms with Crippen molar-refractivity contribution in [3.8, 4) is 0 Å². The van der Waals surface area contributed by atoms with Gasteiger partial charge in [-0.15, -0.1) is 13.2 Å². The normalized spacial score (nSPS) is 28.6. The molecule has 0 aromatic heterocycles. The molecule has 3 saturated heterocycles. The number of hydrogen-bond acceptors (Lipinski definition) is 5. The fraction of sp³-hybridized carbons (Fsp3) is 0.794. The van der Waals surface area contributed by atoms with Gasteiger partial charge in [0.1, 0.15) is 11.6 Å². The summed E-state index contributed by atoms with van der Waals surface area (Å²) < 4.78 is 7.02. The second-order valence-electron chi connectivity index (χ2n) is 14.5. The van der Waals surface area contributed by atoms with E-state index in [0.29, 0.717) is 58.3 Å². The van der Waals surface area contributed by atoms with Gasteiger partial charge in [0.2, 0.25) is 17.7 Å². The average molecular weight is 588 g/mol. The van der Waals surface area contributed by atoms with Crippen molar-refractivity contribution >= 4 is 17.7 Å². The van der Waals surface area contributed by atoms with Gasteiger partial charge in [-0.2, -0.15) is 0 Å². The first-order valence-electron chi connectivity index (χ1n) is 16.1. The largest absolute Gasteiger partial charge is 0.396 e. The lowest BCUT2D eigenvalue weighted by Gasteiger charge is -2.45. The first-order valence-corrected chi connectivity index (χ1v) is 16.1. The van der Waals surface area contributed by atoms with Crippen LogP contribution in [0.4, 0.5) is 0 Å². The molecule has 3 aliphatic rings. The van der Waals surface area contributed by atoms with E-state index < -0.39 is 34.6 Å². The number of fused-ring (bicyclic) bond motifs is 1. The van der Waals surface area contributed by atoms with E-state index >= 15 is 0 Å². The molecule has 5 atom stereocenters. The Bertz CT molecular complexity index is 1020. The van der Waals surface area contributed by atoms with Gasteiger partial charge in [0.25, 0.3) is 0 Å². The van der Waals surface area contributed by atoms with Gasteiger partial charge in [0.05, 0.1) is 17.4 Å². The van der Waals surface area contributed by atoms with Crippen LogP contribution in [0.3, 0.4) is 0 Å². The van der Waals surface area contributed by atoms with E-state index in [1.807, 2.05) is 18.7 Å². The number of aliphatic hydroxyl groups is 1. The molecule has 3 rings (SSSR count). The predicted octanol–water partition coefficient (Wildman–Crippen LogP) is 4.96. The zero-order valence-corrected chi connectivity index (χ0v) is 27.4. The average Bonchev–Trinajstić information content (AvgIpc) is 3.51. The molecule has 3 amide bonds. The Kier molecular flexibility index (Phi) is 10.8. The minimum absolute atomic E-state index is 0.0283. The monoisotopic (exact) mass is 587 g/mol. The van der Waals surface area contributed by atoms with Crippen LogP contribution in [0.1, 0.15) is 99.8 Å². The van der Waals surface area contributed by atoms with Crippen LogP contribution in [0.2, 0.25) is 0 Å². The molecule has 0 aromatic carbocycles. The maximum atomic E-state index is 14.9. The first kappa shape index (κ1) is 34.3. The van der Waals surface area contributed by atoms with Crippen LogP contribution < -0.4 is 0 Å². The Morgan fingerprint density at radius 3 is 2.26 bits per heavy atom. The van der Waals surface area contributed by atoms with Crippen molar-refractivity contribution in [2.45, 2.75) is 123 Å². The van der Waals surface area contributed by atoms with Crippen molar-refractivity contribution in [3.63, 3.8) is 0 Å². The lowest BCUT2D eigenvalue weighted by molar-refractivity contribution is -0.158. The van der Waals surface area contributed by atoms with Crippen molar-refractivity contribution < 1.29 is 24.2 Å². The summed E-state index contributed by atoms with van der Waals surface area (Å²) in [5.41, 5.74) is -2.35. The standard InChI is InChI=1S/C34H57N3O5/c1-10-19-35(20-11-2)28(39)25-26-29(40)36(22-15-14-16-23-38)27(34(26)18-17-33(25,13-4)42-34)30(41)37(21-12-3)32(8,9)24-31(5,6)7/h10,12,25-27,38H,1,3,11,13-24H2,2,4-9H3/t25-,26-,27?,33+,34?/m0/s1. The Balaban J connectivity index is 2.13. The highest BCUT2D eigenvalue weighted by Gasteiger charge is 2.79. The third-order valence-corrected chi connectivity index (χ3v) is 9.66. The number of carbonyl (C=O) groups is 3. The fourth-order valence-corrected chi connectivity index (χ4v) is 8.40. The van der Waals surface area contributed by atoms with Crippen molar-refractivity contribution in [2.75, 3.05) is 32.8 Å². The molecule has 1 N–H and O–H groups in total. The maximum Gasteiger partial charge on any atom is 0.249 e. The van der Waals surface area contributed by atoms with E-state index in [-0.39, 0.29) is 29.7 Å². The molecule has 8 nitrogen and oxygen atoms in total. The zero-order chi connectivity index (χ0) is 31.5. The molecule has 42 heavy (non-hydrogen) atoms. The highest BCUT2D eigenvalue weighted by atomic mass is 16.5. The van der Waals surface area contributed by atoms with Gasteiger partial charge in [-0.05, 0) is 70.6 Å². The topological polar surface area (TPSA) is 90.4 Å². The molecule has 0 saturated carbocycles. The maximum absolute atomic E-state index is 14.9. The zero-order valence-electron chi connectivity index (χ0n) is 27.4. The molecule has 0 radical (unpaired) electrons. The van der Waals surface area contributed by atoms with E-state index in [1.165, 1.54) is 0 Å². The van der Waals surface area contributed by atoms with Gasteiger partial charge >= 0.3 is 0 Å². The van der Waals surface area contributed by atoms with Crippen molar-refractivity contribution in [2.24, 2.45) is 17.3 Å². The smallest absolute Gasteiger partial charge is 0.249 e. The van der Waals surface area contributed by atoms with Crippen LogP contribution in [0.5, 0.6) is 0 Å². The minimum Gasteiger partial charge on any atom is -0.396 e. The number of rotatable bonds is 16. The van der Waals surface area contributed by atoms with Crippen LogP contribution in [0.15, 0.2) is 25.3 Å². The fourth-order valence-electron chi connectivity index (χ4n) is 8.40. The summed E-state index contributed by atoms with van der Waals surface area (Å²) in [6.45, 7) is 24.4. The summed E-state index contributed by atoms with van der Waals surface area (Å²) in [5, 5.41) is 9.35. The number of ether oxygens (including phenoxy) is 1. The van der Waals surface area contributed by atoms with Crippen LogP contribution in [-0.2, 0) is 19.1 Å². The van der Waals surface area contributed by atoms with Crippen molar-refractivity contribution in [1.82, 2.24) is 14.7 Å². The van der Waals surface area contributed by atoms with Gasteiger partial charge in [0.15, 0.2) is 0 Å². The summed E-state index contributed by atoms with van der Waals surface area (Å²) in [5.74, 6) is -1.68. The SMILES string of the molecule is C=CCN(CCC)C(=O)[C@@H]1[C@H]2C(=O)N(CCCCCO)C(C(=O)N(CC=C)C(C)(C)CC(C)(C)C)C23CC[C@@]1(CC)O3. The minimum atomic E-state index is -1.05. The molecule has 3 aliphatic heterocycles. The number of carbonyl (C=O) groups excluding carboxylic acids is 3. The summed E-state index contributed by atoms with van der Waals surface area (Å²) in [6.07, 6.45) is 8.93. The lowest BCUT2D eigenvalue weighted by atomic mass is 9.64. The van der Waals surface area contributed by atoms with Gasteiger partial charge in [0, 0.05) is 38.3 Å². The highest BCUT2D eigenvalue weighted by molar-refractivity contribution is 5.99. The van der Waals surface area contributed by atoms with Gasteiger partial charge in [-0.25, -0.2) is 0 Å². The molecule has 8 heteroatoms. The molecule has 2 bridgehead atoms.